The molecule has 0 spiro atoms. The van der Waals surface area contributed by atoms with E-state index in [9.17, 15) is 29.1 Å². The summed E-state index contributed by atoms with van der Waals surface area (Å²) in [5.41, 5.74) is 0.996. The average Bonchev–Trinajstić information content (AvgIpc) is 3.46. The molecule has 11 nitrogen and oxygen atoms in total. The van der Waals surface area contributed by atoms with Gasteiger partial charge in [-0.05, 0) is 54.6 Å². The molecule has 226 valence electrons. The minimum absolute atomic E-state index is 0.0889. The normalized spacial score (nSPS) is 25.6. The van der Waals surface area contributed by atoms with Crippen molar-refractivity contribution in [1.82, 2.24) is 25.8 Å². The van der Waals surface area contributed by atoms with Crippen LogP contribution >= 0.6 is 0 Å². The molecule has 3 heterocycles. The number of para-hydroxylation sites is 1. The van der Waals surface area contributed by atoms with Crippen LogP contribution in [0.1, 0.15) is 57.4 Å². The Morgan fingerprint density at radius 3 is 2.50 bits per heavy atom. The van der Waals surface area contributed by atoms with Gasteiger partial charge < -0.3 is 30.9 Å². The first-order valence-electron chi connectivity index (χ1n) is 14.8. The van der Waals surface area contributed by atoms with Crippen LogP contribution < -0.4 is 16.0 Å². The number of benzene rings is 1. The molecule has 3 aliphatic rings. The van der Waals surface area contributed by atoms with Crippen LogP contribution in [-0.2, 0) is 19.2 Å². The summed E-state index contributed by atoms with van der Waals surface area (Å²) in [6, 6.07) is 6.55. The third-order valence-corrected chi connectivity index (χ3v) is 9.39. The van der Waals surface area contributed by atoms with E-state index in [0.29, 0.717) is 31.6 Å². The molecule has 3 fully saturated rings. The Morgan fingerprint density at radius 2 is 1.86 bits per heavy atom. The number of likely N-dealkylation sites (tertiary alicyclic amines) is 1. The van der Waals surface area contributed by atoms with Crippen molar-refractivity contribution in [2.75, 3.05) is 19.7 Å². The summed E-state index contributed by atoms with van der Waals surface area (Å²) in [6.45, 7) is 8.17. The first kappa shape index (κ1) is 29.8. The molecule has 0 unspecified atom stereocenters. The third-order valence-electron chi connectivity index (χ3n) is 9.39. The van der Waals surface area contributed by atoms with E-state index in [-0.39, 0.29) is 41.4 Å². The predicted octanol–water partition coefficient (Wildman–Crippen LogP) is 1.37. The minimum Gasteiger partial charge on any atom is -0.389 e. The topological polar surface area (TPSA) is 161 Å². The number of H-pyrrole nitrogens is 1. The van der Waals surface area contributed by atoms with Crippen molar-refractivity contribution in [1.29, 1.82) is 0 Å². The van der Waals surface area contributed by atoms with E-state index in [2.05, 4.69) is 34.8 Å². The third kappa shape index (κ3) is 5.66. The summed E-state index contributed by atoms with van der Waals surface area (Å²) >= 11 is 0. The summed E-state index contributed by atoms with van der Waals surface area (Å²) in [5, 5.41) is 18.9. The molecule has 11 heteroatoms. The van der Waals surface area contributed by atoms with E-state index in [0.717, 1.165) is 10.9 Å². The highest BCUT2D eigenvalue weighted by molar-refractivity contribution is 6.01. The van der Waals surface area contributed by atoms with Crippen molar-refractivity contribution >= 4 is 40.3 Å². The molecule has 1 aromatic carbocycles. The number of ketones is 1. The Labute approximate surface area is 245 Å². The van der Waals surface area contributed by atoms with Crippen LogP contribution in [-0.4, -0.2) is 82.2 Å². The fourth-order valence-electron chi connectivity index (χ4n) is 6.93. The number of nitrogens with zero attached hydrogens (tertiary/aromatic N) is 1. The van der Waals surface area contributed by atoms with E-state index >= 15 is 0 Å². The second kappa shape index (κ2) is 11.5. The number of aliphatic hydroxyl groups excluding tert-OH is 1. The number of Topliss-reactive ketones (excluding diaryl/α,β-unsaturated/α-hetero) is 1. The molecule has 0 radical (unpaired) electrons. The van der Waals surface area contributed by atoms with Crippen molar-refractivity contribution in [3.8, 4) is 0 Å². The van der Waals surface area contributed by atoms with Gasteiger partial charge in [0.2, 0.25) is 17.7 Å². The van der Waals surface area contributed by atoms with Crippen molar-refractivity contribution in [2.45, 2.75) is 65.1 Å². The smallest absolute Gasteiger partial charge is 0.268 e. The Balaban J connectivity index is 1.35. The van der Waals surface area contributed by atoms with Crippen LogP contribution in [0.5, 0.6) is 0 Å². The summed E-state index contributed by atoms with van der Waals surface area (Å²) in [4.78, 5) is 70.6. The maximum atomic E-state index is 14.1. The van der Waals surface area contributed by atoms with E-state index in [1.807, 2.05) is 38.1 Å². The fraction of sp³-hybridized carbons (Fsp3) is 0.581. The summed E-state index contributed by atoms with van der Waals surface area (Å²) < 4.78 is 0. The van der Waals surface area contributed by atoms with Crippen LogP contribution in [0.4, 0.5) is 0 Å². The zero-order chi connectivity index (χ0) is 30.3. The van der Waals surface area contributed by atoms with Gasteiger partial charge in [0.05, 0.1) is 6.04 Å². The molecule has 1 saturated carbocycles. The number of carbonyl (C=O) groups is 5. The largest absolute Gasteiger partial charge is 0.389 e. The highest BCUT2D eigenvalue weighted by Gasteiger charge is 2.69. The molecule has 42 heavy (non-hydrogen) atoms. The second-order valence-electron chi connectivity index (χ2n) is 13.0. The molecule has 0 bridgehead atoms. The van der Waals surface area contributed by atoms with Gasteiger partial charge in [-0.15, -0.1) is 0 Å². The zero-order valence-corrected chi connectivity index (χ0v) is 24.6. The zero-order valence-electron chi connectivity index (χ0n) is 24.6. The number of aromatic amines is 1. The van der Waals surface area contributed by atoms with Crippen LogP contribution in [0.3, 0.4) is 0 Å². The van der Waals surface area contributed by atoms with Gasteiger partial charge >= 0.3 is 0 Å². The molecule has 2 aliphatic heterocycles. The maximum Gasteiger partial charge on any atom is 0.268 e. The van der Waals surface area contributed by atoms with Gasteiger partial charge in [-0.3, -0.25) is 24.0 Å². The number of rotatable bonds is 11. The fourth-order valence-corrected chi connectivity index (χ4v) is 6.93. The Hall–Kier alpha value is -3.73. The summed E-state index contributed by atoms with van der Waals surface area (Å²) in [6.07, 6.45) is 1.02. The standard InChI is InChI=1S/C31H41N5O6/c1-16(2)11-23(35-28(40)22-12-17-7-5-6-8-20(17)33-22)30(42)36-14-19-25(31(19,3)4)26(36)29(41)34-21(24(38)15-37)13-18-9-10-32-27(18)39/h5-8,12,16,18-19,21,23,25-26,33,37H,9-11,13-15H2,1-4H3,(H,32,39)(H,34,41)(H,35,40)/t18-,19-,21-,23-,25-,26-/m0/s1. The number of nitrogens with one attached hydrogen (secondary N) is 4. The number of amides is 4. The Bertz CT molecular complexity index is 1370. The number of fused-ring (bicyclic) bond motifs is 2. The average molecular weight is 580 g/mol. The Morgan fingerprint density at radius 1 is 1.12 bits per heavy atom. The molecular weight excluding hydrogens is 538 g/mol. The lowest BCUT2D eigenvalue weighted by Crippen LogP contribution is -2.58. The van der Waals surface area contributed by atoms with E-state index in [1.54, 1.807) is 11.0 Å². The number of piperidine rings is 1. The van der Waals surface area contributed by atoms with Crippen LogP contribution in [0.25, 0.3) is 10.9 Å². The Kier molecular flexibility index (Phi) is 8.15. The van der Waals surface area contributed by atoms with Gasteiger partial charge in [0.1, 0.15) is 24.4 Å². The number of aromatic nitrogens is 1. The van der Waals surface area contributed by atoms with Gasteiger partial charge in [0, 0.05) is 29.9 Å². The van der Waals surface area contributed by atoms with E-state index < -0.39 is 48.2 Å². The summed E-state index contributed by atoms with van der Waals surface area (Å²) in [7, 11) is 0. The van der Waals surface area contributed by atoms with Gasteiger partial charge in [-0.25, -0.2) is 0 Å². The molecule has 5 rings (SSSR count). The number of aliphatic hydroxyl groups is 1. The van der Waals surface area contributed by atoms with E-state index in [1.165, 1.54) is 0 Å². The molecule has 1 aliphatic carbocycles. The summed E-state index contributed by atoms with van der Waals surface area (Å²) in [5.74, 6) is -2.32. The van der Waals surface area contributed by atoms with E-state index in [4.69, 9.17) is 0 Å². The highest BCUT2D eigenvalue weighted by Crippen LogP contribution is 2.65. The lowest BCUT2D eigenvalue weighted by atomic mass is 9.94. The molecule has 5 N–H and O–H groups in total. The van der Waals surface area contributed by atoms with Crippen molar-refractivity contribution in [3.63, 3.8) is 0 Å². The SMILES string of the molecule is CC(C)C[C@H](NC(=O)c1cc2ccccc2[nH]1)C(=O)N1C[C@H]2[C@@H]([C@H]1C(=O)N[C@@H](C[C@@H]1CCNC1=O)C(=O)CO)C2(C)C. The molecule has 6 atom stereocenters. The van der Waals surface area contributed by atoms with Crippen LogP contribution in [0.2, 0.25) is 0 Å². The van der Waals surface area contributed by atoms with Gasteiger partial charge in [0.15, 0.2) is 5.78 Å². The number of carbonyl (C=O) groups excluding carboxylic acids is 5. The number of hydrogen-bond donors (Lipinski definition) is 5. The highest BCUT2D eigenvalue weighted by atomic mass is 16.3. The van der Waals surface area contributed by atoms with Gasteiger partial charge in [-0.1, -0.05) is 45.9 Å². The minimum atomic E-state index is -1.04. The number of hydrogen-bond acceptors (Lipinski definition) is 6. The van der Waals surface area contributed by atoms with Gasteiger partial charge in [-0.2, -0.15) is 0 Å². The maximum absolute atomic E-state index is 14.1. The molecule has 2 saturated heterocycles. The van der Waals surface area contributed by atoms with Crippen molar-refractivity contribution < 1.29 is 29.1 Å². The quantitative estimate of drug-likeness (QED) is 0.270. The first-order valence-corrected chi connectivity index (χ1v) is 14.8. The first-order chi connectivity index (χ1) is 19.9. The molecular formula is C31H41N5O6. The predicted molar refractivity (Wildman–Crippen MR) is 155 cm³/mol. The lowest BCUT2D eigenvalue weighted by molar-refractivity contribution is -0.143. The second-order valence-corrected chi connectivity index (χ2v) is 13.0. The van der Waals surface area contributed by atoms with Crippen molar-refractivity contribution in [3.05, 3.63) is 36.0 Å². The molecule has 1 aromatic heterocycles. The molecule has 2 aromatic rings. The van der Waals surface area contributed by atoms with Crippen LogP contribution in [0, 0.1) is 29.1 Å². The van der Waals surface area contributed by atoms with Gasteiger partial charge in [0.25, 0.3) is 5.91 Å². The monoisotopic (exact) mass is 579 g/mol. The lowest BCUT2D eigenvalue weighted by Gasteiger charge is -2.34. The molecule has 4 amide bonds. The van der Waals surface area contributed by atoms with Crippen molar-refractivity contribution in [2.24, 2.45) is 29.1 Å². The van der Waals surface area contributed by atoms with Crippen LogP contribution in [0.15, 0.2) is 30.3 Å².